The van der Waals surface area contributed by atoms with E-state index in [-0.39, 0.29) is 5.82 Å². The lowest BCUT2D eigenvalue weighted by Crippen LogP contribution is -2.20. The number of rotatable bonds is 7. The number of aromatic nitrogens is 6. The van der Waals surface area contributed by atoms with Gasteiger partial charge in [-0.25, -0.2) is 4.39 Å². The molecule has 0 aliphatic heterocycles. The molecule has 0 bridgehead atoms. The Labute approximate surface area is 224 Å². The number of nitrogens with one attached hydrogen (secondary N) is 3. The number of hydrogen-bond acceptors (Lipinski definition) is 5. The molecule has 194 valence electrons. The van der Waals surface area contributed by atoms with Gasteiger partial charge in [-0.1, -0.05) is 31.0 Å². The minimum absolute atomic E-state index is 0.278. The Balaban J connectivity index is 1.21. The second-order valence-electron chi connectivity index (χ2n) is 10.4. The van der Waals surface area contributed by atoms with Crippen molar-refractivity contribution in [1.82, 2.24) is 35.5 Å². The maximum absolute atomic E-state index is 14.6. The van der Waals surface area contributed by atoms with Gasteiger partial charge in [-0.05, 0) is 55.1 Å². The Morgan fingerprint density at radius 2 is 1.74 bits per heavy atom. The van der Waals surface area contributed by atoms with Crippen molar-refractivity contribution in [3.8, 4) is 33.8 Å². The minimum Gasteiger partial charge on any atom is -0.352 e. The van der Waals surface area contributed by atoms with Gasteiger partial charge < -0.3 is 10.3 Å². The summed E-state index contributed by atoms with van der Waals surface area (Å²) in [7, 11) is 0. The molecule has 0 spiro atoms. The van der Waals surface area contributed by atoms with E-state index in [4.69, 9.17) is 0 Å². The van der Waals surface area contributed by atoms with Crippen molar-refractivity contribution in [3.63, 3.8) is 0 Å². The van der Waals surface area contributed by atoms with E-state index in [1.807, 2.05) is 30.6 Å². The number of benzene rings is 1. The first-order valence-electron chi connectivity index (χ1n) is 13.4. The number of pyridine rings is 3. The average molecular weight is 518 g/mol. The normalized spacial score (nSPS) is 14.1. The Morgan fingerprint density at radius 3 is 2.64 bits per heavy atom. The molecule has 7 nitrogen and oxygen atoms in total. The van der Waals surface area contributed by atoms with Crippen molar-refractivity contribution in [2.75, 3.05) is 6.54 Å². The van der Waals surface area contributed by atoms with Crippen molar-refractivity contribution < 1.29 is 4.39 Å². The molecule has 7 rings (SSSR count). The summed E-state index contributed by atoms with van der Waals surface area (Å²) in [6, 6.07) is 13.0. The summed E-state index contributed by atoms with van der Waals surface area (Å²) in [5.41, 5.74) is 7.44. The van der Waals surface area contributed by atoms with Crippen LogP contribution in [0.25, 0.3) is 55.6 Å². The van der Waals surface area contributed by atoms with Gasteiger partial charge in [0.25, 0.3) is 0 Å². The molecule has 6 aromatic rings. The van der Waals surface area contributed by atoms with Crippen LogP contribution in [0.1, 0.15) is 31.2 Å². The zero-order valence-electron chi connectivity index (χ0n) is 21.4. The third-order valence-corrected chi connectivity index (χ3v) is 7.74. The van der Waals surface area contributed by atoms with Gasteiger partial charge in [0.15, 0.2) is 0 Å². The maximum atomic E-state index is 14.6. The van der Waals surface area contributed by atoms with Gasteiger partial charge in [0.05, 0.1) is 34.8 Å². The zero-order valence-corrected chi connectivity index (χ0v) is 21.4. The molecule has 5 aromatic heterocycles. The molecular formula is C31H28FN7. The van der Waals surface area contributed by atoms with Crippen LogP contribution in [0.4, 0.5) is 4.39 Å². The van der Waals surface area contributed by atoms with Crippen LogP contribution in [-0.2, 0) is 6.54 Å². The van der Waals surface area contributed by atoms with E-state index < -0.39 is 0 Å². The van der Waals surface area contributed by atoms with E-state index in [1.165, 1.54) is 31.7 Å². The first-order chi connectivity index (χ1) is 19.2. The summed E-state index contributed by atoms with van der Waals surface area (Å²) in [6.07, 6.45) is 14.4. The third-order valence-electron chi connectivity index (χ3n) is 7.74. The first-order valence-corrected chi connectivity index (χ1v) is 13.4. The predicted molar refractivity (Wildman–Crippen MR) is 151 cm³/mol. The van der Waals surface area contributed by atoms with Gasteiger partial charge >= 0.3 is 0 Å². The van der Waals surface area contributed by atoms with Crippen molar-refractivity contribution in [2.45, 2.75) is 32.2 Å². The maximum Gasteiger partial charge on any atom is 0.131 e. The lowest BCUT2D eigenvalue weighted by Gasteiger charge is -2.11. The van der Waals surface area contributed by atoms with Crippen molar-refractivity contribution in [3.05, 3.63) is 84.8 Å². The van der Waals surface area contributed by atoms with Crippen LogP contribution in [0.2, 0.25) is 0 Å². The third kappa shape index (κ3) is 4.57. The summed E-state index contributed by atoms with van der Waals surface area (Å²) in [5.74, 6) is 0.521. The van der Waals surface area contributed by atoms with E-state index in [2.05, 4.69) is 41.5 Å². The molecule has 1 aromatic carbocycles. The van der Waals surface area contributed by atoms with E-state index in [9.17, 15) is 4.39 Å². The average Bonchev–Trinajstić information content (AvgIpc) is 3.73. The fourth-order valence-electron chi connectivity index (χ4n) is 5.71. The number of fused-ring (bicyclic) bond motifs is 2. The van der Waals surface area contributed by atoms with E-state index in [0.29, 0.717) is 5.56 Å². The highest BCUT2D eigenvalue weighted by molar-refractivity contribution is 6.01. The Morgan fingerprint density at radius 1 is 0.872 bits per heavy atom. The lowest BCUT2D eigenvalue weighted by atomic mass is 10.0. The van der Waals surface area contributed by atoms with Gasteiger partial charge in [-0.15, -0.1) is 0 Å². The van der Waals surface area contributed by atoms with Crippen LogP contribution in [0.5, 0.6) is 0 Å². The van der Waals surface area contributed by atoms with Crippen LogP contribution in [0.3, 0.4) is 0 Å². The second kappa shape index (κ2) is 10.0. The molecule has 0 amide bonds. The number of halogens is 1. The summed E-state index contributed by atoms with van der Waals surface area (Å²) in [4.78, 5) is 16.9. The fraction of sp³-hybridized carbons (Fsp3) is 0.226. The highest BCUT2D eigenvalue weighted by atomic mass is 19.1. The summed E-state index contributed by atoms with van der Waals surface area (Å²) >= 11 is 0. The lowest BCUT2D eigenvalue weighted by molar-refractivity contribution is 0.489. The molecule has 0 saturated heterocycles. The summed E-state index contributed by atoms with van der Waals surface area (Å²) < 4.78 is 14.6. The first kappa shape index (κ1) is 23.7. The fourth-order valence-corrected chi connectivity index (χ4v) is 5.71. The van der Waals surface area contributed by atoms with Crippen molar-refractivity contribution in [1.29, 1.82) is 0 Å². The Bertz CT molecular complexity index is 1780. The number of aromatic amines is 2. The monoisotopic (exact) mass is 517 g/mol. The molecule has 3 N–H and O–H groups in total. The minimum atomic E-state index is -0.278. The van der Waals surface area contributed by atoms with Gasteiger partial charge in [0, 0.05) is 52.6 Å². The molecule has 0 atom stereocenters. The van der Waals surface area contributed by atoms with Crippen molar-refractivity contribution in [2.24, 2.45) is 5.92 Å². The van der Waals surface area contributed by atoms with Crippen LogP contribution in [0, 0.1) is 11.7 Å². The molecule has 39 heavy (non-hydrogen) atoms. The Kier molecular flexibility index (Phi) is 6.09. The predicted octanol–water partition coefficient (Wildman–Crippen LogP) is 6.65. The molecule has 0 radical (unpaired) electrons. The van der Waals surface area contributed by atoms with Gasteiger partial charge in [-0.2, -0.15) is 5.10 Å². The van der Waals surface area contributed by atoms with Crippen molar-refractivity contribution >= 4 is 21.8 Å². The van der Waals surface area contributed by atoms with E-state index in [1.54, 1.807) is 30.7 Å². The van der Waals surface area contributed by atoms with Gasteiger partial charge in [0.1, 0.15) is 11.5 Å². The second-order valence-corrected chi connectivity index (χ2v) is 10.4. The quantitative estimate of drug-likeness (QED) is 0.220. The van der Waals surface area contributed by atoms with E-state index in [0.717, 1.165) is 74.6 Å². The molecule has 5 heterocycles. The molecular weight excluding hydrogens is 489 g/mol. The molecule has 0 unspecified atom stereocenters. The van der Waals surface area contributed by atoms with Crippen LogP contribution in [0.15, 0.2) is 73.4 Å². The van der Waals surface area contributed by atoms with Gasteiger partial charge in [-0.3, -0.25) is 20.1 Å². The number of hydrogen-bond donors (Lipinski definition) is 3. The smallest absolute Gasteiger partial charge is 0.131 e. The summed E-state index contributed by atoms with van der Waals surface area (Å²) in [6.45, 7) is 1.86. The summed E-state index contributed by atoms with van der Waals surface area (Å²) in [5, 5.41) is 13.1. The van der Waals surface area contributed by atoms with Gasteiger partial charge in [0.2, 0.25) is 0 Å². The van der Waals surface area contributed by atoms with E-state index >= 15 is 0 Å². The Hall–Kier alpha value is -4.43. The molecule has 1 fully saturated rings. The SMILES string of the molecule is Fc1ccccc1-c1cncc2[nH]c(-c3n[nH]c4cnc(-c5cncc(CNCC6CCCC6)c5)cc34)cc12. The largest absolute Gasteiger partial charge is 0.352 e. The number of nitrogens with zero attached hydrogens (tertiary/aromatic N) is 4. The highest BCUT2D eigenvalue weighted by Gasteiger charge is 2.17. The zero-order chi connectivity index (χ0) is 26.2. The van der Waals surface area contributed by atoms with Crippen LogP contribution in [-0.4, -0.2) is 36.7 Å². The van der Waals surface area contributed by atoms with Crippen LogP contribution >= 0.6 is 0 Å². The highest BCUT2D eigenvalue weighted by Crippen LogP contribution is 2.35. The molecule has 1 aliphatic carbocycles. The molecule has 1 aliphatic rings. The number of H-pyrrole nitrogens is 2. The molecule has 1 saturated carbocycles. The topological polar surface area (TPSA) is 95.2 Å². The standard InChI is InChI=1S/C31H28FN7/c32-26-8-4-3-7-22(26)25-16-35-17-29-23(25)10-28(37-29)31-24-11-27(36-18-30(24)38-39-31)21-9-20(14-34-15-21)13-33-12-19-5-1-2-6-19/h3-4,7-11,14-19,33,37H,1-2,5-6,12-13H2,(H,38,39). The van der Waals surface area contributed by atoms with Crippen LogP contribution < -0.4 is 5.32 Å². The molecule has 8 heteroatoms.